The zero-order valence-electron chi connectivity index (χ0n) is 15.4. The fourth-order valence-electron chi connectivity index (χ4n) is 2.58. The lowest BCUT2D eigenvalue weighted by Gasteiger charge is -2.22. The summed E-state index contributed by atoms with van der Waals surface area (Å²) < 4.78 is 78.1. The van der Waals surface area contributed by atoms with Crippen LogP contribution in [0.15, 0.2) is 12.1 Å². The van der Waals surface area contributed by atoms with E-state index in [9.17, 15) is 26.3 Å². The first-order valence-electron chi connectivity index (χ1n) is 8.57. The van der Waals surface area contributed by atoms with Gasteiger partial charge in [-0.15, -0.1) is 0 Å². The lowest BCUT2D eigenvalue weighted by molar-refractivity contribution is -0.143. The van der Waals surface area contributed by atoms with Crippen LogP contribution < -0.4 is 5.32 Å². The molecule has 168 valence electrons. The van der Waals surface area contributed by atoms with Gasteiger partial charge in [-0.3, -0.25) is 4.90 Å². The van der Waals surface area contributed by atoms with Crippen molar-refractivity contribution in [1.82, 2.24) is 9.88 Å². The van der Waals surface area contributed by atoms with Crippen molar-refractivity contribution in [3.8, 4) is 0 Å². The second kappa shape index (κ2) is 10.1. The highest BCUT2D eigenvalue weighted by Crippen LogP contribution is 2.41. The van der Waals surface area contributed by atoms with E-state index in [4.69, 9.17) is 34.8 Å². The van der Waals surface area contributed by atoms with Crippen LogP contribution in [-0.4, -0.2) is 29.1 Å². The number of hydrogen-bond acceptors (Lipinski definition) is 4. The van der Waals surface area contributed by atoms with Gasteiger partial charge in [0.05, 0.1) is 27.0 Å². The Labute approximate surface area is 187 Å². The third kappa shape index (κ3) is 7.33. The van der Waals surface area contributed by atoms with Gasteiger partial charge in [0.1, 0.15) is 0 Å². The number of nitrogens with zero attached hydrogens (tertiary/aromatic N) is 2. The summed E-state index contributed by atoms with van der Waals surface area (Å²) in [6.07, 6.45) is -9.81. The van der Waals surface area contributed by atoms with Crippen molar-refractivity contribution in [2.24, 2.45) is 0 Å². The van der Waals surface area contributed by atoms with E-state index < -0.39 is 31.0 Å². The first-order valence-corrected chi connectivity index (χ1v) is 10.5. The molecule has 0 saturated carbocycles. The normalized spacial score (nSPS) is 12.6. The minimum atomic E-state index is -4.78. The smallest absolute Gasteiger partial charge is 0.329 e. The van der Waals surface area contributed by atoms with E-state index in [1.54, 1.807) is 6.92 Å². The van der Waals surface area contributed by atoms with Gasteiger partial charge in [0.25, 0.3) is 0 Å². The summed E-state index contributed by atoms with van der Waals surface area (Å²) in [6.45, 7) is 1.21. The van der Waals surface area contributed by atoms with Crippen molar-refractivity contribution >= 4 is 57.0 Å². The van der Waals surface area contributed by atoms with Gasteiger partial charge in [-0.25, -0.2) is 4.98 Å². The van der Waals surface area contributed by atoms with Crippen molar-refractivity contribution in [1.29, 1.82) is 0 Å². The summed E-state index contributed by atoms with van der Waals surface area (Å²) in [7, 11) is 0. The summed E-state index contributed by atoms with van der Waals surface area (Å²) in [5.41, 5.74) is -1.04. The van der Waals surface area contributed by atoms with Crippen LogP contribution in [0, 0.1) is 0 Å². The van der Waals surface area contributed by atoms with E-state index >= 15 is 0 Å². The molecule has 0 fully saturated rings. The number of halogens is 9. The number of alkyl halides is 6. The minimum Gasteiger partial charge on any atom is -0.329 e. The molecule has 2 rings (SSSR count). The molecule has 3 nitrogen and oxygen atoms in total. The van der Waals surface area contributed by atoms with Gasteiger partial charge in [-0.05, 0) is 25.1 Å². The number of anilines is 2. The maximum absolute atomic E-state index is 13.5. The molecule has 0 aliphatic heterocycles. The van der Waals surface area contributed by atoms with Gasteiger partial charge < -0.3 is 5.32 Å². The molecule has 1 heterocycles. The molecule has 1 aromatic carbocycles. The van der Waals surface area contributed by atoms with Crippen molar-refractivity contribution in [2.75, 3.05) is 18.4 Å². The standard InChI is InChI=1S/C17H16Cl3F6N3S/c1-2-4-29(5-3-16(21,22)23)8-12-14(17(24,25)26)28-15(30-12)27-13-10(19)6-9(18)7-11(13)20/h6-7H,2-5,8H2,1H3,(H,27,28). The van der Waals surface area contributed by atoms with Crippen LogP contribution in [0.3, 0.4) is 0 Å². The SMILES string of the molecule is CCCN(CCC(F)(F)F)Cc1sc(Nc2c(Cl)cc(Cl)cc2Cl)nc1C(F)(F)F. The fourth-order valence-corrected chi connectivity index (χ4v) is 4.52. The summed E-state index contributed by atoms with van der Waals surface area (Å²) in [5, 5.41) is 2.91. The lowest BCUT2D eigenvalue weighted by atomic mass is 10.3. The molecule has 13 heteroatoms. The highest BCUT2D eigenvalue weighted by molar-refractivity contribution is 7.15. The molecule has 0 aliphatic carbocycles. The molecule has 0 radical (unpaired) electrons. The van der Waals surface area contributed by atoms with E-state index in [2.05, 4.69) is 10.3 Å². The second-order valence-corrected chi connectivity index (χ2v) is 8.63. The number of rotatable bonds is 8. The minimum absolute atomic E-state index is 0.0793. The highest BCUT2D eigenvalue weighted by atomic mass is 35.5. The summed E-state index contributed by atoms with van der Waals surface area (Å²) >= 11 is 18.6. The topological polar surface area (TPSA) is 28.2 Å². The van der Waals surface area contributed by atoms with Gasteiger partial charge in [0.2, 0.25) is 0 Å². The maximum Gasteiger partial charge on any atom is 0.434 e. The van der Waals surface area contributed by atoms with E-state index in [0.29, 0.717) is 17.8 Å². The van der Waals surface area contributed by atoms with Gasteiger partial charge in [-0.1, -0.05) is 53.1 Å². The van der Waals surface area contributed by atoms with Crippen LogP contribution >= 0.6 is 46.1 Å². The molecular weight excluding hydrogens is 499 g/mol. The number of benzene rings is 1. The molecule has 1 N–H and O–H groups in total. The summed E-state index contributed by atoms with van der Waals surface area (Å²) in [4.78, 5) is 4.70. The third-order valence-corrected chi connectivity index (χ3v) is 5.59. The Hall–Kier alpha value is -0.940. The predicted molar refractivity (Wildman–Crippen MR) is 108 cm³/mol. The van der Waals surface area contributed by atoms with Crippen molar-refractivity contribution in [3.63, 3.8) is 0 Å². The fraction of sp³-hybridized carbons (Fsp3) is 0.471. The van der Waals surface area contributed by atoms with Gasteiger partial charge in [0, 0.05) is 18.1 Å². The van der Waals surface area contributed by atoms with E-state index in [-0.39, 0.29) is 43.9 Å². The molecule has 0 atom stereocenters. The third-order valence-electron chi connectivity index (χ3n) is 3.82. The Bertz CT molecular complexity index is 846. The van der Waals surface area contributed by atoms with E-state index in [1.807, 2.05) is 0 Å². The Morgan fingerprint density at radius 2 is 1.63 bits per heavy atom. The van der Waals surface area contributed by atoms with E-state index in [1.165, 1.54) is 17.0 Å². The quantitative estimate of drug-likeness (QED) is 0.361. The highest BCUT2D eigenvalue weighted by Gasteiger charge is 2.38. The maximum atomic E-state index is 13.5. The van der Waals surface area contributed by atoms with Crippen LogP contribution in [-0.2, 0) is 12.7 Å². The van der Waals surface area contributed by atoms with Crippen LogP contribution in [0.25, 0.3) is 0 Å². The Kier molecular flexibility index (Phi) is 8.54. The predicted octanol–water partition coefficient (Wildman–Crippen LogP) is 8.03. The van der Waals surface area contributed by atoms with Gasteiger partial charge >= 0.3 is 12.4 Å². The van der Waals surface area contributed by atoms with Crippen molar-refractivity contribution in [2.45, 2.75) is 38.7 Å². The van der Waals surface area contributed by atoms with Crippen molar-refractivity contribution in [3.05, 3.63) is 37.8 Å². The number of thiazole rings is 1. The molecule has 0 aliphatic rings. The molecule has 0 unspecified atom stereocenters. The molecule has 0 saturated heterocycles. The largest absolute Gasteiger partial charge is 0.434 e. The average Bonchev–Trinajstić information content (AvgIpc) is 2.98. The second-order valence-electron chi connectivity index (χ2n) is 6.30. The molecule has 0 bridgehead atoms. The van der Waals surface area contributed by atoms with Crippen LogP contribution in [0.2, 0.25) is 15.1 Å². The summed E-state index contributed by atoms with van der Waals surface area (Å²) in [5.74, 6) is 0. The molecule has 1 aromatic heterocycles. The first kappa shape index (κ1) is 25.3. The van der Waals surface area contributed by atoms with Crippen LogP contribution in [0.1, 0.15) is 30.3 Å². The van der Waals surface area contributed by atoms with Gasteiger partial charge in [0.15, 0.2) is 10.8 Å². The first-order chi connectivity index (χ1) is 13.8. The van der Waals surface area contributed by atoms with E-state index in [0.717, 1.165) is 0 Å². The molecular formula is C17H16Cl3F6N3S. The molecule has 30 heavy (non-hydrogen) atoms. The Morgan fingerprint density at radius 3 is 2.13 bits per heavy atom. The van der Waals surface area contributed by atoms with Gasteiger partial charge in [-0.2, -0.15) is 26.3 Å². The molecule has 0 amide bonds. The lowest BCUT2D eigenvalue weighted by Crippen LogP contribution is -2.29. The number of aromatic nitrogens is 1. The zero-order valence-corrected chi connectivity index (χ0v) is 18.5. The Balaban J connectivity index is 2.32. The summed E-state index contributed by atoms with van der Waals surface area (Å²) in [6, 6.07) is 2.72. The number of hydrogen-bond donors (Lipinski definition) is 1. The number of nitrogens with one attached hydrogen (secondary N) is 1. The van der Waals surface area contributed by atoms with Crippen molar-refractivity contribution < 1.29 is 26.3 Å². The Morgan fingerprint density at radius 1 is 1.03 bits per heavy atom. The monoisotopic (exact) mass is 513 g/mol. The zero-order chi connectivity index (χ0) is 22.7. The van der Waals surface area contributed by atoms with Crippen LogP contribution in [0.5, 0.6) is 0 Å². The average molecular weight is 515 g/mol. The van der Waals surface area contributed by atoms with Crippen LogP contribution in [0.4, 0.5) is 37.2 Å². The molecule has 0 spiro atoms. The molecule has 2 aromatic rings.